The fraction of sp³-hybridized carbons (Fsp3) is 0.458. The molecule has 0 radical (unpaired) electrons. The average molecular weight is 330 g/mol. The second-order valence-electron chi connectivity index (χ2n) is 8.99. The number of rotatable bonds is 2. The van der Waals surface area contributed by atoms with Crippen LogP contribution in [0.1, 0.15) is 49.8 Å². The van der Waals surface area contributed by atoms with Crippen LogP contribution in [0.5, 0.6) is 0 Å². The summed E-state index contributed by atoms with van der Waals surface area (Å²) in [6.07, 6.45) is 9.71. The maximum Gasteiger partial charge on any atom is 0.138 e. The van der Waals surface area contributed by atoms with Crippen LogP contribution < -0.4 is 0 Å². The molecular weight excluding hydrogens is 304 g/mol. The maximum atomic E-state index is 12.6. The Balaban J connectivity index is 1.73. The van der Waals surface area contributed by atoms with Crippen molar-refractivity contribution in [2.45, 2.75) is 51.4 Å². The first-order valence-corrected chi connectivity index (χ1v) is 9.80. The molecule has 0 amide bonds. The molecule has 0 heterocycles. The summed E-state index contributed by atoms with van der Waals surface area (Å²) in [5.74, 6) is 2.34. The highest BCUT2D eigenvalue weighted by molar-refractivity contribution is 5.92. The van der Waals surface area contributed by atoms with E-state index in [1.807, 2.05) is 0 Å². The van der Waals surface area contributed by atoms with Crippen molar-refractivity contribution in [3.8, 4) is 0 Å². The second kappa shape index (κ2) is 5.30. The van der Waals surface area contributed by atoms with Gasteiger partial charge >= 0.3 is 0 Å². The molecule has 3 aliphatic carbocycles. The number of hydrogen-bond donors (Lipinski definition) is 0. The Morgan fingerprint density at radius 3 is 2.80 bits per heavy atom. The monoisotopic (exact) mass is 330 g/mol. The fourth-order valence-electron chi connectivity index (χ4n) is 5.85. The molecule has 2 aromatic rings. The van der Waals surface area contributed by atoms with Gasteiger partial charge in [0.05, 0.1) is 0 Å². The lowest BCUT2D eigenvalue weighted by molar-refractivity contribution is -0.120. The van der Waals surface area contributed by atoms with Crippen LogP contribution in [0.2, 0.25) is 0 Å². The van der Waals surface area contributed by atoms with Crippen molar-refractivity contribution in [1.82, 2.24) is 0 Å². The van der Waals surface area contributed by atoms with E-state index in [1.165, 1.54) is 40.3 Å². The first-order valence-electron chi connectivity index (χ1n) is 9.80. The molecule has 3 atom stereocenters. The van der Waals surface area contributed by atoms with Gasteiger partial charge in [0.15, 0.2) is 0 Å². The molecule has 2 bridgehead atoms. The summed E-state index contributed by atoms with van der Waals surface area (Å²) in [6.45, 7) is 4.58. The number of ketones is 1. The Labute approximate surface area is 150 Å². The SMILES string of the molecule is CC(C)Cc1cccc2cc3c(cc12)C1(CC(=O)C3)CC2C=CC1C2. The van der Waals surface area contributed by atoms with Gasteiger partial charge in [0, 0.05) is 18.3 Å². The van der Waals surface area contributed by atoms with E-state index in [1.54, 1.807) is 0 Å². The number of carbonyl (C=O) groups is 1. The molecular formula is C24H26O. The van der Waals surface area contributed by atoms with Gasteiger partial charge in [-0.2, -0.15) is 0 Å². The van der Waals surface area contributed by atoms with Crippen molar-refractivity contribution in [3.05, 3.63) is 59.2 Å². The lowest BCUT2D eigenvalue weighted by Gasteiger charge is -2.40. The molecule has 128 valence electrons. The standard InChI is InChI=1S/C24H26O/c1-15(2)8-17-4-3-5-18-10-19-11-21(25)14-24(23(19)12-22(17)18)13-16-6-7-20(24)9-16/h3-7,10,12,15-16,20H,8-9,11,13-14H2,1-2H3. The molecule has 0 N–H and O–H groups in total. The molecule has 3 unspecified atom stereocenters. The van der Waals surface area contributed by atoms with Crippen molar-refractivity contribution in [2.75, 3.05) is 0 Å². The minimum Gasteiger partial charge on any atom is -0.299 e. The second-order valence-corrected chi connectivity index (χ2v) is 8.99. The van der Waals surface area contributed by atoms with Crippen LogP contribution in [-0.2, 0) is 23.1 Å². The van der Waals surface area contributed by atoms with Gasteiger partial charge in [0.1, 0.15) is 5.78 Å². The number of hydrogen-bond acceptors (Lipinski definition) is 1. The van der Waals surface area contributed by atoms with Gasteiger partial charge in [0.2, 0.25) is 0 Å². The van der Waals surface area contributed by atoms with Crippen molar-refractivity contribution >= 4 is 16.6 Å². The summed E-state index contributed by atoms with van der Waals surface area (Å²) in [7, 11) is 0. The molecule has 2 aromatic carbocycles. The number of Topliss-reactive ketones (excluding diaryl/α,β-unsaturated/α-hetero) is 1. The Kier molecular flexibility index (Phi) is 3.26. The van der Waals surface area contributed by atoms with Crippen molar-refractivity contribution in [3.63, 3.8) is 0 Å². The number of allylic oxidation sites excluding steroid dienone is 2. The van der Waals surface area contributed by atoms with Crippen LogP contribution in [0.15, 0.2) is 42.5 Å². The molecule has 1 spiro atoms. The summed E-state index contributed by atoms with van der Waals surface area (Å²) in [5, 5.41) is 2.72. The zero-order valence-electron chi connectivity index (χ0n) is 15.2. The smallest absolute Gasteiger partial charge is 0.138 e. The normalized spacial score (nSPS) is 30.0. The summed E-state index contributed by atoms with van der Waals surface area (Å²) in [5.41, 5.74) is 4.34. The predicted molar refractivity (Wildman–Crippen MR) is 103 cm³/mol. The average Bonchev–Trinajstić information content (AvgIpc) is 3.14. The highest BCUT2D eigenvalue weighted by Crippen LogP contribution is 2.58. The molecule has 1 heteroatoms. The third kappa shape index (κ3) is 2.25. The zero-order valence-corrected chi connectivity index (χ0v) is 15.2. The van der Waals surface area contributed by atoms with Gasteiger partial charge < -0.3 is 0 Å². The quantitative estimate of drug-likeness (QED) is 0.675. The van der Waals surface area contributed by atoms with Gasteiger partial charge in [-0.15, -0.1) is 0 Å². The third-order valence-electron chi connectivity index (χ3n) is 6.77. The maximum absolute atomic E-state index is 12.6. The summed E-state index contributed by atoms with van der Waals surface area (Å²) < 4.78 is 0. The Hall–Kier alpha value is -1.89. The number of carbonyl (C=O) groups excluding carboxylic acids is 1. The first kappa shape index (κ1) is 15.4. The highest BCUT2D eigenvalue weighted by Gasteiger charge is 2.52. The highest BCUT2D eigenvalue weighted by atomic mass is 16.1. The molecule has 3 aliphatic rings. The minimum absolute atomic E-state index is 0.0865. The van der Waals surface area contributed by atoms with E-state index in [-0.39, 0.29) is 5.41 Å². The van der Waals surface area contributed by atoms with E-state index in [9.17, 15) is 4.79 Å². The molecule has 1 fully saturated rings. The number of fused-ring (bicyclic) bond motifs is 6. The van der Waals surface area contributed by atoms with E-state index in [4.69, 9.17) is 0 Å². The lowest BCUT2D eigenvalue weighted by atomic mass is 9.62. The van der Waals surface area contributed by atoms with Gasteiger partial charge in [-0.3, -0.25) is 4.79 Å². The lowest BCUT2D eigenvalue weighted by Crippen LogP contribution is -2.38. The Bertz CT molecular complexity index is 904. The van der Waals surface area contributed by atoms with E-state index < -0.39 is 0 Å². The van der Waals surface area contributed by atoms with Crippen LogP contribution >= 0.6 is 0 Å². The van der Waals surface area contributed by atoms with E-state index in [2.05, 4.69) is 56.3 Å². The summed E-state index contributed by atoms with van der Waals surface area (Å²) >= 11 is 0. The Morgan fingerprint density at radius 2 is 2.08 bits per heavy atom. The topological polar surface area (TPSA) is 17.1 Å². The van der Waals surface area contributed by atoms with Gasteiger partial charge in [0.25, 0.3) is 0 Å². The van der Waals surface area contributed by atoms with Crippen LogP contribution in [-0.4, -0.2) is 5.78 Å². The summed E-state index contributed by atoms with van der Waals surface area (Å²) in [4.78, 5) is 12.6. The van der Waals surface area contributed by atoms with Crippen LogP contribution in [0, 0.1) is 17.8 Å². The van der Waals surface area contributed by atoms with E-state index in [0.29, 0.717) is 30.0 Å². The molecule has 0 aromatic heterocycles. The van der Waals surface area contributed by atoms with Gasteiger partial charge in [-0.05, 0) is 70.5 Å². The largest absolute Gasteiger partial charge is 0.299 e. The van der Waals surface area contributed by atoms with Crippen molar-refractivity contribution in [2.24, 2.45) is 17.8 Å². The molecule has 1 nitrogen and oxygen atoms in total. The first-order chi connectivity index (χ1) is 12.0. The third-order valence-corrected chi connectivity index (χ3v) is 6.77. The fourth-order valence-corrected chi connectivity index (χ4v) is 5.85. The molecule has 25 heavy (non-hydrogen) atoms. The van der Waals surface area contributed by atoms with E-state index >= 15 is 0 Å². The van der Waals surface area contributed by atoms with Crippen molar-refractivity contribution < 1.29 is 4.79 Å². The predicted octanol–water partition coefficient (Wildman–Crippen LogP) is 5.39. The molecule has 5 rings (SSSR count). The van der Waals surface area contributed by atoms with Crippen LogP contribution in [0.25, 0.3) is 10.8 Å². The van der Waals surface area contributed by atoms with Gasteiger partial charge in [-0.1, -0.05) is 50.3 Å². The van der Waals surface area contributed by atoms with Crippen LogP contribution in [0.3, 0.4) is 0 Å². The zero-order chi connectivity index (χ0) is 17.2. The molecule has 1 saturated carbocycles. The van der Waals surface area contributed by atoms with E-state index in [0.717, 1.165) is 12.8 Å². The van der Waals surface area contributed by atoms with Crippen molar-refractivity contribution in [1.29, 1.82) is 0 Å². The summed E-state index contributed by atoms with van der Waals surface area (Å²) in [6, 6.07) is 11.5. The molecule has 0 aliphatic heterocycles. The van der Waals surface area contributed by atoms with Gasteiger partial charge in [-0.25, -0.2) is 0 Å². The number of benzene rings is 2. The molecule has 0 saturated heterocycles. The Morgan fingerprint density at radius 1 is 1.20 bits per heavy atom. The minimum atomic E-state index is 0.0865. The van der Waals surface area contributed by atoms with Crippen LogP contribution in [0.4, 0.5) is 0 Å².